The van der Waals surface area contributed by atoms with Gasteiger partial charge in [0, 0.05) is 53.0 Å². The van der Waals surface area contributed by atoms with Gasteiger partial charge in [0.2, 0.25) is 0 Å². The fraction of sp³-hybridized carbons (Fsp3) is 0.211. The van der Waals surface area contributed by atoms with Crippen molar-refractivity contribution in [2.75, 3.05) is 36.4 Å². The Hall–Kier alpha value is -2.39. The Balaban J connectivity index is 1.62. The Morgan fingerprint density at radius 1 is 1.17 bits per heavy atom. The second-order valence-electron chi connectivity index (χ2n) is 6.54. The van der Waals surface area contributed by atoms with Gasteiger partial charge in [0.25, 0.3) is 11.6 Å². The fourth-order valence-corrected chi connectivity index (χ4v) is 4.98. The van der Waals surface area contributed by atoms with Gasteiger partial charge >= 0.3 is 0 Å². The molecule has 1 fully saturated rings. The summed E-state index contributed by atoms with van der Waals surface area (Å²) >= 11 is 13.6. The van der Waals surface area contributed by atoms with Crippen LogP contribution in [0.1, 0.15) is 9.67 Å². The minimum absolute atomic E-state index is 0.0427. The smallest absolute Gasteiger partial charge is 0.294 e. The van der Waals surface area contributed by atoms with Crippen LogP contribution in [0.4, 0.5) is 17.1 Å². The van der Waals surface area contributed by atoms with Crippen LogP contribution in [0, 0.1) is 10.1 Å². The lowest BCUT2D eigenvalue weighted by Gasteiger charge is -2.29. The zero-order chi connectivity index (χ0) is 20.5. The molecule has 0 bridgehead atoms. The molecule has 1 saturated heterocycles. The summed E-state index contributed by atoms with van der Waals surface area (Å²) in [6.07, 6.45) is 0. The molecule has 3 aromatic rings. The normalized spacial score (nSPS) is 14.2. The van der Waals surface area contributed by atoms with Crippen LogP contribution < -0.4 is 15.5 Å². The average molecular weight is 451 g/mol. The van der Waals surface area contributed by atoms with Crippen LogP contribution in [0.15, 0.2) is 36.4 Å². The van der Waals surface area contributed by atoms with E-state index >= 15 is 0 Å². The minimum atomic E-state index is -0.429. The highest BCUT2D eigenvalue weighted by molar-refractivity contribution is 7.21. The van der Waals surface area contributed by atoms with E-state index in [1.54, 1.807) is 30.3 Å². The first-order valence-electron chi connectivity index (χ1n) is 8.87. The maximum absolute atomic E-state index is 12.8. The molecule has 2 heterocycles. The minimum Gasteiger partial charge on any atom is -0.363 e. The molecule has 2 N–H and O–H groups in total. The summed E-state index contributed by atoms with van der Waals surface area (Å²) in [5, 5.41) is 19.2. The van der Waals surface area contributed by atoms with Gasteiger partial charge in [-0.1, -0.05) is 29.3 Å². The number of nitrogens with zero attached hydrogens (tertiary/aromatic N) is 2. The molecule has 1 amide bonds. The molecule has 29 heavy (non-hydrogen) atoms. The van der Waals surface area contributed by atoms with Crippen molar-refractivity contribution in [2.24, 2.45) is 0 Å². The predicted molar refractivity (Wildman–Crippen MR) is 118 cm³/mol. The molecule has 7 nitrogen and oxygen atoms in total. The summed E-state index contributed by atoms with van der Waals surface area (Å²) < 4.78 is 0.799. The molecule has 4 rings (SSSR count). The Labute approximate surface area is 180 Å². The van der Waals surface area contributed by atoms with Crippen LogP contribution in [0.3, 0.4) is 0 Å². The van der Waals surface area contributed by atoms with Crippen molar-refractivity contribution in [1.82, 2.24) is 5.32 Å². The third-order valence-electron chi connectivity index (χ3n) is 4.69. The molecular weight excluding hydrogens is 435 g/mol. The monoisotopic (exact) mass is 450 g/mol. The van der Waals surface area contributed by atoms with E-state index in [1.165, 1.54) is 17.4 Å². The fourth-order valence-electron chi connectivity index (χ4n) is 3.29. The van der Waals surface area contributed by atoms with E-state index in [0.29, 0.717) is 39.4 Å². The van der Waals surface area contributed by atoms with Crippen molar-refractivity contribution in [1.29, 1.82) is 0 Å². The summed E-state index contributed by atoms with van der Waals surface area (Å²) in [7, 11) is 0. The maximum Gasteiger partial charge on any atom is 0.294 e. The standard InChI is InChI=1S/C19H16Cl2N4O3S/c20-11-1-3-13-16(9-11)29-18(17(13)21)19(26)23-12-2-4-14(15(10-12)25(27)28)24-7-5-22-6-8-24/h1-4,9-10,22H,5-8H2,(H,23,26). The first-order valence-corrected chi connectivity index (χ1v) is 10.4. The number of carbonyl (C=O) groups is 1. The summed E-state index contributed by atoms with van der Waals surface area (Å²) in [4.78, 5) is 26.2. The highest BCUT2D eigenvalue weighted by atomic mass is 35.5. The molecular formula is C19H16Cl2N4O3S. The number of rotatable bonds is 4. The third-order valence-corrected chi connectivity index (χ3v) is 6.58. The van der Waals surface area contributed by atoms with Gasteiger partial charge in [-0.2, -0.15) is 0 Å². The van der Waals surface area contributed by atoms with Crippen molar-refractivity contribution in [3.63, 3.8) is 0 Å². The van der Waals surface area contributed by atoms with E-state index in [2.05, 4.69) is 10.6 Å². The van der Waals surface area contributed by atoms with Crippen LogP contribution in [0.25, 0.3) is 10.1 Å². The van der Waals surface area contributed by atoms with Crippen molar-refractivity contribution in [2.45, 2.75) is 0 Å². The summed E-state index contributed by atoms with van der Waals surface area (Å²) in [6.45, 7) is 2.91. The van der Waals surface area contributed by atoms with Gasteiger partial charge in [-0.15, -0.1) is 11.3 Å². The number of hydrogen-bond donors (Lipinski definition) is 2. The zero-order valence-corrected chi connectivity index (χ0v) is 17.4. The van der Waals surface area contributed by atoms with Crippen molar-refractivity contribution in [3.05, 3.63) is 61.4 Å². The van der Waals surface area contributed by atoms with E-state index in [1.807, 2.05) is 4.90 Å². The molecule has 0 saturated carbocycles. The topological polar surface area (TPSA) is 87.5 Å². The largest absolute Gasteiger partial charge is 0.363 e. The molecule has 150 valence electrons. The van der Waals surface area contributed by atoms with Crippen LogP contribution in [0.5, 0.6) is 0 Å². The van der Waals surface area contributed by atoms with Gasteiger partial charge in [-0.3, -0.25) is 14.9 Å². The van der Waals surface area contributed by atoms with Gasteiger partial charge < -0.3 is 15.5 Å². The highest BCUT2D eigenvalue weighted by Gasteiger charge is 2.23. The number of piperazine rings is 1. The van der Waals surface area contributed by atoms with E-state index in [9.17, 15) is 14.9 Å². The van der Waals surface area contributed by atoms with Crippen LogP contribution in [-0.2, 0) is 0 Å². The Morgan fingerprint density at radius 3 is 2.66 bits per heavy atom. The summed E-state index contributed by atoms with van der Waals surface area (Å²) in [6, 6.07) is 9.94. The number of fused-ring (bicyclic) bond motifs is 1. The van der Waals surface area contributed by atoms with Crippen molar-refractivity contribution in [3.8, 4) is 0 Å². The first kappa shape index (κ1) is 19.9. The van der Waals surface area contributed by atoms with Gasteiger partial charge in [0.05, 0.1) is 9.95 Å². The number of nitro groups is 1. The zero-order valence-electron chi connectivity index (χ0n) is 15.1. The molecule has 0 spiro atoms. The molecule has 0 aliphatic carbocycles. The Morgan fingerprint density at radius 2 is 1.93 bits per heavy atom. The van der Waals surface area contributed by atoms with E-state index < -0.39 is 10.8 Å². The van der Waals surface area contributed by atoms with E-state index in [0.717, 1.165) is 23.2 Å². The van der Waals surface area contributed by atoms with Crippen LogP contribution in [-0.4, -0.2) is 37.0 Å². The number of hydrogen-bond acceptors (Lipinski definition) is 6. The van der Waals surface area contributed by atoms with Crippen molar-refractivity contribution >= 4 is 67.6 Å². The van der Waals surface area contributed by atoms with E-state index in [4.69, 9.17) is 23.2 Å². The molecule has 2 aromatic carbocycles. The molecule has 1 aliphatic heterocycles. The SMILES string of the molecule is O=C(Nc1ccc(N2CCNCC2)c([N+](=O)[O-])c1)c1sc2cc(Cl)ccc2c1Cl. The molecule has 1 aliphatic rings. The molecule has 10 heteroatoms. The lowest BCUT2D eigenvalue weighted by Crippen LogP contribution is -2.43. The second kappa shape index (κ2) is 8.16. The lowest BCUT2D eigenvalue weighted by molar-refractivity contribution is -0.384. The van der Waals surface area contributed by atoms with Gasteiger partial charge in [-0.05, 0) is 24.3 Å². The molecule has 0 unspecified atom stereocenters. The Kier molecular flexibility index (Phi) is 5.60. The number of halogens is 2. The van der Waals surface area contributed by atoms with Crippen LogP contribution >= 0.6 is 34.5 Å². The second-order valence-corrected chi connectivity index (χ2v) is 8.40. The number of anilines is 2. The van der Waals surface area contributed by atoms with Gasteiger partial charge in [0.15, 0.2) is 0 Å². The molecule has 0 radical (unpaired) electrons. The third kappa shape index (κ3) is 4.02. The first-order chi connectivity index (χ1) is 13.9. The van der Waals surface area contributed by atoms with Crippen LogP contribution in [0.2, 0.25) is 10.0 Å². The Bertz CT molecular complexity index is 1110. The molecule has 1 aromatic heterocycles. The predicted octanol–water partition coefficient (Wildman–Crippen LogP) is 4.78. The quantitative estimate of drug-likeness (QED) is 0.441. The van der Waals surface area contributed by atoms with Gasteiger partial charge in [-0.25, -0.2) is 0 Å². The average Bonchev–Trinajstić information content (AvgIpc) is 3.04. The maximum atomic E-state index is 12.8. The number of carbonyl (C=O) groups excluding carboxylic acids is 1. The number of nitrogens with one attached hydrogen (secondary N) is 2. The number of thiophene rings is 1. The number of nitro benzene ring substituents is 1. The summed E-state index contributed by atoms with van der Waals surface area (Å²) in [5.41, 5.74) is 0.843. The number of amides is 1. The molecule has 0 atom stereocenters. The highest BCUT2D eigenvalue weighted by Crippen LogP contribution is 2.37. The summed E-state index contributed by atoms with van der Waals surface area (Å²) in [5.74, 6) is -0.420. The van der Waals surface area contributed by atoms with E-state index in [-0.39, 0.29) is 5.69 Å². The van der Waals surface area contributed by atoms with Gasteiger partial charge in [0.1, 0.15) is 10.6 Å². The lowest BCUT2D eigenvalue weighted by atomic mass is 10.2. The number of benzene rings is 2. The van der Waals surface area contributed by atoms with Crippen molar-refractivity contribution < 1.29 is 9.72 Å².